The van der Waals surface area contributed by atoms with Gasteiger partial charge in [0.1, 0.15) is 5.82 Å². The fourth-order valence-corrected chi connectivity index (χ4v) is 2.37. The Morgan fingerprint density at radius 1 is 1.45 bits per heavy atom. The van der Waals surface area contributed by atoms with E-state index in [1.807, 2.05) is 6.92 Å². The number of rotatable bonds is 5. The van der Waals surface area contributed by atoms with Gasteiger partial charge in [0, 0.05) is 19.6 Å². The number of nitrogens with one attached hydrogen (secondary N) is 3. The van der Waals surface area contributed by atoms with E-state index in [2.05, 4.69) is 33.1 Å². The minimum absolute atomic E-state index is 0.185. The predicted octanol–water partition coefficient (Wildman–Crippen LogP) is 1.03. The van der Waals surface area contributed by atoms with Crippen molar-refractivity contribution in [3.63, 3.8) is 0 Å². The summed E-state index contributed by atoms with van der Waals surface area (Å²) in [6.07, 6.45) is 2.41. The minimum atomic E-state index is -0.185. The standard InChI is InChI=1S/C14H23N5O/c1-3-16-13(20)11-5-6-12(19-18-11)17-10-14(2)7-4-8-15-9-14/h5-6,15H,3-4,7-10H2,1-2H3,(H,16,20)(H,17,19). The summed E-state index contributed by atoms with van der Waals surface area (Å²) in [5.41, 5.74) is 0.598. The highest BCUT2D eigenvalue weighted by molar-refractivity contribution is 5.92. The third-order valence-corrected chi connectivity index (χ3v) is 3.62. The van der Waals surface area contributed by atoms with Crippen molar-refractivity contribution in [2.45, 2.75) is 26.7 Å². The van der Waals surface area contributed by atoms with E-state index in [9.17, 15) is 4.79 Å². The van der Waals surface area contributed by atoms with Crippen LogP contribution in [0.2, 0.25) is 0 Å². The average molecular weight is 277 g/mol. The first-order valence-electron chi connectivity index (χ1n) is 7.19. The third-order valence-electron chi connectivity index (χ3n) is 3.62. The molecule has 20 heavy (non-hydrogen) atoms. The minimum Gasteiger partial charge on any atom is -0.368 e. The molecular formula is C14H23N5O. The van der Waals surface area contributed by atoms with E-state index in [0.717, 1.165) is 19.6 Å². The normalized spacial score (nSPS) is 22.3. The van der Waals surface area contributed by atoms with Crippen LogP contribution in [0.1, 0.15) is 37.2 Å². The maximum atomic E-state index is 11.6. The van der Waals surface area contributed by atoms with Gasteiger partial charge in [0.2, 0.25) is 0 Å². The second-order valence-electron chi connectivity index (χ2n) is 5.61. The summed E-state index contributed by atoms with van der Waals surface area (Å²) in [7, 11) is 0. The van der Waals surface area contributed by atoms with Gasteiger partial charge in [0.05, 0.1) is 0 Å². The van der Waals surface area contributed by atoms with Crippen molar-refractivity contribution < 1.29 is 4.79 Å². The van der Waals surface area contributed by atoms with Crippen LogP contribution in [0.3, 0.4) is 0 Å². The van der Waals surface area contributed by atoms with Crippen molar-refractivity contribution in [1.82, 2.24) is 20.8 Å². The second-order valence-corrected chi connectivity index (χ2v) is 5.61. The van der Waals surface area contributed by atoms with Crippen molar-refractivity contribution in [3.8, 4) is 0 Å². The molecule has 2 heterocycles. The van der Waals surface area contributed by atoms with Crippen LogP contribution in [0.4, 0.5) is 5.82 Å². The quantitative estimate of drug-likeness (QED) is 0.749. The van der Waals surface area contributed by atoms with Crippen molar-refractivity contribution in [1.29, 1.82) is 0 Å². The zero-order valence-corrected chi connectivity index (χ0v) is 12.2. The van der Waals surface area contributed by atoms with E-state index in [-0.39, 0.29) is 11.3 Å². The molecule has 1 atom stereocenters. The van der Waals surface area contributed by atoms with Gasteiger partial charge in [0.15, 0.2) is 5.69 Å². The molecule has 1 unspecified atom stereocenters. The molecule has 0 aromatic carbocycles. The van der Waals surface area contributed by atoms with Gasteiger partial charge in [-0.1, -0.05) is 6.92 Å². The molecule has 1 saturated heterocycles. The van der Waals surface area contributed by atoms with Crippen LogP contribution in [0.15, 0.2) is 12.1 Å². The molecule has 1 amide bonds. The number of carbonyl (C=O) groups is 1. The summed E-state index contributed by atoms with van der Waals surface area (Å²) < 4.78 is 0. The van der Waals surface area contributed by atoms with Crippen LogP contribution < -0.4 is 16.0 Å². The monoisotopic (exact) mass is 277 g/mol. The van der Waals surface area contributed by atoms with Crippen molar-refractivity contribution in [2.75, 3.05) is 31.5 Å². The molecule has 6 nitrogen and oxygen atoms in total. The molecule has 0 saturated carbocycles. The Hall–Kier alpha value is -1.69. The molecule has 1 aliphatic rings. The summed E-state index contributed by atoms with van der Waals surface area (Å²) in [5, 5.41) is 17.4. The van der Waals surface area contributed by atoms with E-state index in [1.165, 1.54) is 12.8 Å². The van der Waals surface area contributed by atoms with Crippen LogP contribution in [-0.4, -0.2) is 42.3 Å². The molecule has 110 valence electrons. The summed E-state index contributed by atoms with van der Waals surface area (Å²) in [6.45, 7) is 7.71. The molecule has 0 aliphatic carbocycles. The Morgan fingerprint density at radius 3 is 2.90 bits per heavy atom. The number of nitrogens with zero attached hydrogens (tertiary/aromatic N) is 2. The molecule has 0 bridgehead atoms. The van der Waals surface area contributed by atoms with Gasteiger partial charge in [-0.15, -0.1) is 10.2 Å². The fraction of sp³-hybridized carbons (Fsp3) is 0.643. The van der Waals surface area contributed by atoms with Gasteiger partial charge in [-0.3, -0.25) is 4.79 Å². The lowest BCUT2D eigenvalue weighted by Crippen LogP contribution is -2.42. The van der Waals surface area contributed by atoms with E-state index in [0.29, 0.717) is 18.1 Å². The number of piperidine rings is 1. The largest absolute Gasteiger partial charge is 0.368 e. The molecule has 1 aromatic rings. The van der Waals surface area contributed by atoms with Gasteiger partial charge in [-0.2, -0.15) is 0 Å². The Bertz CT molecular complexity index is 439. The van der Waals surface area contributed by atoms with E-state index in [4.69, 9.17) is 0 Å². The third kappa shape index (κ3) is 3.90. The van der Waals surface area contributed by atoms with E-state index in [1.54, 1.807) is 12.1 Å². The Kier molecular flexibility index (Phi) is 4.89. The maximum absolute atomic E-state index is 11.6. The Labute approximate surface area is 119 Å². The lowest BCUT2D eigenvalue weighted by molar-refractivity contribution is 0.0950. The molecule has 1 aliphatic heterocycles. The number of carbonyl (C=O) groups excluding carboxylic acids is 1. The topological polar surface area (TPSA) is 78.9 Å². The smallest absolute Gasteiger partial charge is 0.271 e. The Morgan fingerprint density at radius 2 is 2.30 bits per heavy atom. The number of hydrogen-bond acceptors (Lipinski definition) is 5. The van der Waals surface area contributed by atoms with Gasteiger partial charge in [-0.25, -0.2) is 0 Å². The maximum Gasteiger partial charge on any atom is 0.271 e. The second kappa shape index (κ2) is 6.65. The van der Waals surface area contributed by atoms with Crippen molar-refractivity contribution in [2.24, 2.45) is 5.41 Å². The molecule has 1 fully saturated rings. The number of aromatic nitrogens is 2. The zero-order chi connectivity index (χ0) is 14.4. The summed E-state index contributed by atoms with van der Waals surface area (Å²) in [4.78, 5) is 11.6. The fourth-order valence-electron chi connectivity index (χ4n) is 2.37. The summed E-state index contributed by atoms with van der Waals surface area (Å²) in [5.74, 6) is 0.528. The average Bonchev–Trinajstić information content (AvgIpc) is 2.47. The SMILES string of the molecule is CCNC(=O)c1ccc(NCC2(C)CCCNC2)nn1. The van der Waals surface area contributed by atoms with E-state index >= 15 is 0 Å². The highest BCUT2D eigenvalue weighted by atomic mass is 16.1. The number of hydrogen-bond donors (Lipinski definition) is 3. The van der Waals surface area contributed by atoms with Gasteiger partial charge < -0.3 is 16.0 Å². The van der Waals surface area contributed by atoms with Crippen LogP contribution in [0.25, 0.3) is 0 Å². The van der Waals surface area contributed by atoms with Gasteiger partial charge >= 0.3 is 0 Å². The van der Waals surface area contributed by atoms with Crippen molar-refractivity contribution >= 4 is 11.7 Å². The number of amides is 1. The predicted molar refractivity (Wildman–Crippen MR) is 78.7 cm³/mol. The van der Waals surface area contributed by atoms with Crippen LogP contribution >= 0.6 is 0 Å². The first-order valence-corrected chi connectivity index (χ1v) is 7.19. The van der Waals surface area contributed by atoms with Gasteiger partial charge in [0.25, 0.3) is 5.91 Å². The lowest BCUT2D eigenvalue weighted by atomic mass is 9.83. The van der Waals surface area contributed by atoms with Crippen LogP contribution in [-0.2, 0) is 0 Å². The highest BCUT2D eigenvalue weighted by Crippen LogP contribution is 2.25. The highest BCUT2D eigenvalue weighted by Gasteiger charge is 2.26. The molecule has 0 spiro atoms. The molecule has 0 radical (unpaired) electrons. The molecular weight excluding hydrogens is 254 g/mol. The molecule has 2 rings (SSSR count). The molecule has 1 aromatic heterocycles. The lowest BCUT2D eigenvalue weighted by Gasteiger charge is -2.34. The van der Waals surface area contributed by atoms with Crippen LogP contribution in [0, 0.1) is 5.41 Å². The van der Waals surface area contributed by atoms with Crippen LogP contribution in [0.5, 0.6) is 0 Å². The number of anilines is 1. The van der Waals surface area contributed by atoms with Gasteiger partial charge in [-0.05, 0) is 43.9 Å². The first-order chi connectivity index (χ1) is 9.63. The Balaban J connectivity index is 1.89. The molecule has 6 heteroatoms. The zero-order valence-electron chi connectivity index (χ0n) is 12.2. The molecule has 3 N–H and O–H groups in total. The summed E-state index contributed by atoms with van der Waals surface area (Å²) >= 11 is 0. The van der Waals surface area contributed by atoms with E-state index < -0.39 is 0 Å². The van der Waals surface area contributed by atoms with Crippen molar-refractivity contribution in [3.05, 3.63) is 17.8 Å². The summed E-state index contributed by atoms with van der Waals surface area (Å²) in [6, 6.07) is 3.50. The first kappa shape index (κ1) is 14.7.